The van der Waals surface area contributed by atoms with E-state index in [0.29, 0.717) is 30.5 Å². The first-order valence-corrected chi connectivity index (χ1v) is 8.02. The Morgan fingerprint density at radius 2 is 1.89 bits per heavy atom. The van der Waals surface area contributed by atoms with Gasteiger partial charge in [-0.05, 0) is 35.9 Å². The summed E-state index contributed by atoms with van der Waals surface area (Å²) in [4.78, 5) is 12.6. The molecule has 6 nitrogen and oxygen atoms in total. The van der Waals surface area contributed by atoms with Gasteiger partial charge in [-0.1, -0.05) is 0 Å². The Morgan fingerprint density at radius 3 is 2.54 bits per heavy atom. The highest BCUT2D eigenvalue weighted by Gasteiger charge is 2.31. The van der Waals surface area contributed by atoms with E-state index in [-0.39, 0.29) is 35.8 Å². The first-order chi connectivity index (χ1) is 12.8. The highest BCUT2D eigenvalue weighted by atomic mass is 35.5. The predicted octanol–water partition coefficient (Wildman–Crippen LogP) is 3.62. The van der Waals surface area contributed by atoms with Crippen molar-refractivity contribution in [2.45, 2.75) is 12.7 Å². The molecule has 1 aliphatic rings. The lowest BCUT2D eigenvalue weighted by atomic mass is 10.1. The molecule has 0 saturated carbocycles. The van der Waals surface area contributed by atoms with E-state index in [2.05, 4.69) is 5.32 Å². The van der Waals surface area contributed by atoms with Crippen molar-refractivity contribution in [1.82, 2.24) is 0 Å². The zero-order valence-electron chi connectivity index (χ0n) is 14.8. The Hall–Kier alpha value is -2.65. The predicted molar refractivity (Wildman–Crippen MR) is 98.5 cm³/mol. The number of nitrogens with one attached hydrogen (secondary N) is 1. The van der Waals surface area contributed by atoms with E-state index in [1.54, 1.807) is 0 Å². The van der Waals surface area contributed by atoms with Crippen LogP contribution in [0.15, 0.2) is 30.3 Å². The maximum absolute atomic E-state index is 13.0. The van der Waals surface area contributed by atoms with Crippen molar-refractivity contribution < 1.29 is 32.2 Å². The fraction of sp³-hybridized carbons (Fsp3) is 0.278. The second-order valence-electron chi connectivity index (χ2n) is 5.78. The SMILES string of the molecule is COc1cc(C(=O)Nc2cc(CN)cc(C(F)(F)F)c2)cc2c1OCCO2.Cl. The van der Waals surface area contributed by atoms with Gasteiger partial charge in [0.2, 0.25) is 5.75 Å². The average Bonchev–Trinajstić information content (AvgIpc) is 2.66. The van der Waals surface area contributed by atoms with Crippen LogP contribution in [0.2, 0.25) is 0 Å². The van der Waals surface area contributed by atoms with Gasteiger partial charge in [-0.2, -0.15) is 13.2 Å². The summed E-state index contributed by atoms with van der Waals surface area (Å²) in [7, 11) is 1.41. The molecular formula is C18H18ClF3N2O4. The van der Waals surface area contributed by atoms with Gasteiger partial charge in [0, 0.05) is 17.8 Å². The first-order valence-electron chi connectivity index (χ1n) is 8.02. The number of amides is 1. The van der Waals surface area contributed by atoms with Crippen LogP contribution in [0.4, 0.5) is 18.9 Å². The molecule has 0 fully saturated rings. The van der Waals surface area contributed by atoms with Crippen LogP contribution in [0, 0.1) is 0 Å². The summed E-state index contributed by atoms with van der Waals surface area (Å²) >= 11 is 0. The molecular weight excluding hydrogens is 401 g/mol. The van der Waals surface area contributed by atoms with E-state index in [4.69, 9.17) is 19.9 Å². The van der Waals surface area contributed by atoms with E-state index in [1.807, 2.05) is 0 Å². The van der Waals surface area contributed by atoms with Gasteiger partial charge in [-0.3, -0.25) is 4.79 Å². The van der Waals surface area contributed by atoms with Crippen molar-refractivity contribution in [1.29, 1.82) is 0 Å². The lowest BCUT2D eigenvalue weighted by Gasteiger charge is -2.21. The monoisotopic (exact) mass is 418 g/mol. The van der Waals surface area contributed by atoms with Crippen molar-refractivity contribution in [3.05, 3.63) is 47.0 Å². The second kappa shape index (κ2) is 8.57. The highest BCUT2D eigenvalue weighted by Crippen LogP contribution is 2.40. The molecule has 1 heterocycles. The molecule has 28 heavy (non-hydrogen) atoms. The maximum Gasteiger partial charge on any atom is 0.416 e. The van der Waals surface area contributed by atoms with Crippen LogP contribution >= 0.6 is 12.4 Å². The Bertz CT molecular complexity index is 857. The van der Waals surface area contributed by atoms with Crippen LogP contribution in [0.1, 0.15) is 21.5 Å². The Labute approximate surface area is 165 Å². The van der Waals surface area contributed by atoms with E-state index >= 15 is 0 Å². The van der Waals surface area contributed by atoms with Crippen molar-refractivity contribution in [2.75, 3.05) is 25.6 Å². The second-order valence-corrected chi connectivity index (χ2v) is 5.78. The van der Waals surface area contributed by atoms with Gasteiger partial charge in [-0.25, -0.2) is 0 Å². The topological polar surface area (TPSA) is 82.8 Å². The van der Waals surface area contributed by atoms with E-state index in [9.17, 15) is 18.0 Å². The fourth-order valence-electron chi connectivity index (χ4n) is 2.65. The smallest absolute Gasteiger partial charge is 0.416 e. The summed E-state index contributed by atoms with van der Waals surface area (Å²) in [5.41, 5.74) is 4.97. The average molecular weight is 419 g/mol. The summed E-state index contributed by atoms with van der Waals surface area (Å²) in [6.45, 7) is 0.570. The maximum atomic E-state index is 13.0. The standard InChI is InChI=1S/C18H17F3N2O4.ClH/c1-25-14-6-11(7-15-16(14)27-3-2-26-15)17(24)23-13-5-10(9-22)4-12(8-13)18(19,20)21;/h4-8H,2-3,9,22H2,1H3,(H,23,24);1H. The first kappa shape index (κ1) is 21.6. The largest absolute Gasteiger partial charge is 0.493 e. The molecule has 2 aromatic rings. The van der Waals surface area contributed by atoms with Crippen molar-refractivity contribution in [3.63, 3.8) is 0 Å². The van der Waals surface area contributed by atoms with Crippen LogP contribution in [-0.2, 0) is 12.7 Å². The quantitative estimate of drug-likeness (QED) is 0.792. The van der Waals surface area contributed by atoms with Crippen LogP contribution in [-0.4, -0.2) is 26.2 Å². The molecule has 3 N–H and O–H groups in total. The summed E-state index contributed by atoms with van der Waals surface area (Å²) in [6.07, 6.45) is -4.55. The molecule has 0 bridgehead atoms. The number of benzene rings is 2. The van der Waals surface area contributed by atoms with Gasteiger partial charge in [-0.15, -0.1) is 12.4 Å². The molecule has 3 rings (SSSR count). The number of carbonyl (C=O) groups is 1. The van der Waals surface area contributed by atoms with E-state index < -0.39 is 17.6 Å². The number of hydrogen-bond donors (Lipinski definition) is 2. The summed E-state index contributed by atoms with van der Waals surface area (Å²) in [5, 5.41) is 2.46. The Morgan fingerprint density at radius 1 is 1.18 bits per heavy atom. The molecule has 1 aliphatic heterocycles. The highest BCUT2D eigenvalue weighted by molar-refractivity contribution is 6.05. The third-order valence-electron chi connectivity index (χ3n) is 3.90. The zero-order valence-corrected chi connectivity index (χ0v) is 15.6. The van der Waals surface area contributed by atoms with Gasteiger partial charge >= 0.3 is 6.18 Å². The van der Waals surface area contributed by atoms with Crippen molar-refractivity contribution >= 4 is 24.0 Å². The lowest BCUT2D eigenvalue weighted by Crippen LogP contribution is -2.18. The third kappa shape index (κ3) is 4.60. The minimum atomic E-state index is -4.55. The lowest BCUT2D eigenvalue weighted by molar-refractivity contribution is -0.137. The van der Waals surface area contributed by atoms with Gasteiger partial charge in [0.25, 0.3) is 5.91 Å². The number of methoxy groups -OCH3 is 1. The van der Waals surface area contributed by atoms with Crippen molar-refractivity contribution in [2.24, 2.45) is 5.73 Å². The van der Waals surface area contributed by atoms with Gasteiger partial charge < -0.3 is 25.3 Å². The number of carbonyl (C=O) groups excluding carboxylic acids is 1. The number of hydrogen-bond acceptors (Lipinski definition) is 5. The van der Waals surface area contributed by atoms with Crippen molar-refractivity contribution in [3.8, 4) is 17.2 Å². The zero-order chi connectivity index (χ0) is 19.6. The summed E-state index contributed by atoms with van der Waals surface area (Å²) < 4.78 is 55.2. The number of ether oxygens (including phenoxy) is 3. The molecule has 0 aliphatic carbocycles. The third-order valence-corrected chi connectivity index (χ3v) is 3.90. The number of rotatable bonds is 4. The summed E-state index contributed by atoms with van der Waals surface area (Å²) in [6, 6.07) is 6.07. The van der Waals surface area contributed by atoms with E-state index in [1.165, 1.54) is 25.3 Å². The molecule has 1 amide bonds. The van der Waals surface area contributed by atoms with Crippen LogP contribution in [0.5, 0.6) is 17.2 Å². The molecule has 0 saturated heterocycles. The molecule has 0 unspecified atom stereocenters. The van der Waals surface area contributed by atoms with Gasteiger partial charge in [0.15, 0.2) is 11.5 Å². The van der Waals surface area contributed by atoms with E-state index in [0.717, 1.165) is 12.1 Å². The minimum absolute atomic E-state index is 0. The molecule has 10 heteroatoms. The molecule has 152 valence electrons. The normalized spacial score (nSPS) is 12.8. The molecule has 0 radical (unpaired) electrons. The number of alkyl halides is 3. The van der Waals surface area contributed by atoms with Gasteiger partial charge in [0.1, 0.15) is 13.2 Å². The number of nitrogens with two attached hydrogens (primary N) is 1. The summed E-state index contributed by atoms with van der Waals surface area (Å²) in [5.74, 6) is 0.388. The number of halogens is 4. The Balaban J connectivity index is 0.00000280. The molecule has 0 spiro atoms. The molecule has 0 atom stereocenters. The Kier molecular flexibility index (Phi) is 6.63. The number of fused-ring (bicyclic) bond motifs is 1. The molecule has 2 aromatic carbocycles. The minimum Gasteiger partial charge on any atom is -0.493 e. The molecule has 0 aromatic heterocycles. The number of anilines is 1. The van der Waals surface area contributed by atoms with Crippen LogP contribution in [0.3, 0.4) is 0 Å². The van der Waals surface area contributed by atoms with Crippen LogP contribution < -0.4 is 25.3 Å². The fourth-order valence-corrected chi connectivity index (χ4v) is 2.65. The van der Waals surface area contributed by atoms with Crippen LogP contribution in [0.25, 0.3) is 0 Å². The van der Waals surface area contributed by atoms with Gasteiger partial charge in [0.05, 0.1) is 12.7 Å².